The summed E-state index contributed by atoms with van der Waals surface area (Å²) in [4.78, 5) is 12.0. The summed E-state index contributed by atoms with van der Waals surface area (Å²) < 4.78 is 5.41. The molecule has 0 spiro atoms. The third kappa shape index (κ3) is 14.4. The highest BCUT2D eigenvalue weighted by atomic mass is 16.5. The Morgan fingerprint density at radius 3 is 1.80 bits per heavy atom. The lowest BCUT2D eigenvalue weighted by Gasteiger charge is -2.46. The van der Waals surface area contributed by atoms with Gasteiger partial charge in [-0.2, -0.15) is 0 Å². The van der Waals surface area contributed by atoms with Crippen molar-refractivity contribution < 1.29 is 9.53 Å². The molecule has 2 N–H and O–H groups in total. The van der Waals surface area contributed by atoms with Crippen LogP contribution in [0.2, 0.25) is 0 Å². The van der Waals surface area contributed by atoms with Crippen LogP contribution in [0.15, 0.2) is 0 Å². The molecule has 0 atom stereocenters. The lowest BCUT2D eigenvalue weighted by molar-refractivity contribution is -0.143. The van der Waals surface area contributed by atoms with E-state index in [1.165, 1.54) is 70.6 Å². The molecule has 0 bridgehead atoms. The van der Waals surface area contributed by atoms with E-state index in [4.69, 9.17) is 4.74 Å². The molecule has 1 fully saturated rings. The fourth-order valence-corrected chi connectivity index (χ4v) is 5.05. The highest BCUT2D eigenvalue weighted by Crippen LogP contribution is 2.28. The molecule has 30 heavy (non-hydrogen) atoms. The Hall–Kier alpha value is -0.610. The number of carbonyl (C=O) groups is 1. The van der Waals surface area contributed by atoms with E-state index in [0.29, 0.717) is 25.6 Å². The summed E-state index contributed by atoms with van der Waals surface area (Å²) in [5.41, 5.74) is 0.267. The highest BCUT2D eigenvalue weighted by Gasteiger charge is 2.37. The van der Waals surface area contributed by atoms with E-state index in [2.05, 4.69) is 45.3 Å². The lowest BCUT2D eigenvalue weighted by atomic mass is 9.79. The van der Waals surface area contributed by atoms with Crippen LogP contribution in [0.1, 0.15) is 131 Å². The molecular weight excluding hydrogens is 372 g/mol. The van der Waals surface area contributed by atoms with Gasteiger partial charge in [-0.1, -0.05) is 77.6 Å². The van der Waals surface area contributed by atoms with Gasteiger partial charge >= 0.3 is 5.97 Å². The molecule has 0 saturated carbocycles. The Morgan fingerprint density at radius 1 is 0.833 bits per heavy atom. The molecule has 1 heterocycles. The first-order valence-corrected chi connectivity index (χ1v) is 12.9. The van der Waals surface area contributed by atoms with E-state index in [1.54, 1.807) is 0 Å². The van der Waals surface area contributed by atoms with Crippen molar-refractivity contribution in [3.63, 3.8) is 0 Å². The van der Waals surface area contributed by atoms with Crippen molar-refractivity contribution in [1.82, 2.24) is 10.6 Å². The van der Waals surface area contributed by atoms with Gasteiger partial charge in [-0.15, -0.1) is 0 Å². The van der Waals surface area contributed by atoms with Crippen molar-refractivity contribution in [2.24, 2.45) is 0 Å². The number of piperidine rings is 1. The zero-order valence-electron chi connectivity index (χ0n) is 20.9. The molecule has 0 amide bonds. The van der Waals surface area contributed by atoms with Crippen LogP contribution in [0.3, 0.4) is 0 Å². The molecule has 0 aromatic heterocycles. The van der Waals surface area contributed by atoms with E-state index < -0.39 is 0 Å². The van der Waals surface area contributed by atoms with Crippen LogP contribution in [0.5, 0.6) is 0 Å². The molecule has 1 saturated heterocycles. The number of unbranched alkanes of at least 4 members (excludes halogenated alkanes) is 11. The van der Waals surface area contributed by atoms with Gasteiger partial charge in [0.15, 0.2) is 0 Å². The maximum Gasteiger partial charge on any atom is 0.307 e. The van der Waals surface area contributed by atoms with Crippen LogP contribution in [-0.2, 0) is 9.53 Å². The van der Waals surface area contributed by atoms with Crippen LogP contribution in [0.4, 0.5) is 0 Å². The summed E-state index contributed by atoms with van der Waals surface area (Å²) in [5, 5.41) is 7.27. The summed E-state index contributed by atoms with van der Waals surface area (Å²) in [6.07, 6.45) is 18.6. The van der Waals surface area contributed by atoms with E-state index in [-0.39, 0.29) is 17.0 Å². The van der Waals surface area contributed by atoms with Gasteiger partial charge < -0.3 is 15.4 Å². The summed E-state index contributed by atoms with van der Waals surface area (Å²) >= 11 is 0. The van der Waals surface area contributed by atoms with Gasteiger partial charge in [0.25, 0.3) is 0 Å². The Bertz CT molecular complexity index is 432. The number of esters is 1. The van der Waals surface area contributed by atoms with E-state index in [1.807, 2.05) is 0 Å². The van der Waals surface area contributed by atoms with Crippen LogP contribution >= 0.6 is 0 Å². The van der Waals surface area contributed by atoms with Crippen LogP contribution in [0.25, 0.3) is 0 Å². The summed E-state index contributed by atoms with van der Waals surface area (Å²) in [7, 11) is 0. The predicted molar refractivity (Wildman–Crippen MR) is 129 cm³/mol. The van der Waals surface area contributed by atoms with E-state index >= 15 is 0 Å². The van der Waals surface area contributed by atoms with Gasteiger partial charge in [-0.25, -0.2) is 0 Å². The molecule has 0 unspecified atom stereocenters. The van der Waals surface area contributed by atoms with Gasteiger partial charge in [0.1, 0.15) is 0 Å². The summed E-state index contributed by atoms with van der Waals surface area (Å²) in [6, 6.07) is 0.459. The van der Waals surface area contributed by atoms with Crippen molar-refractivity contribution in [2.45, 2.75) is 148 Å². The number of nitrogens with one attached hydrogen (secondary N) is 2. The maximum atomic E-state index is 12.0. The predicted octanol–water partition coefficient (Wildman–Crippen LogP) is 6.52. The SMILES string of the molecule is CCCCCCCCCCCCCCOC(=O)CCNC1CC(C)(C)NC(C)(C)C1. The van der Waals surface area contributed by atoms with Crippen LogP contribution in [0, 0.1) is 0 Å². The molecule has 1 aliphatic heterocycles. The second-order valence-corrected chi connectivity index (χ2v) is 10.8. The third-order valence-electron chi connectivity index (χ3n) is 6.21. The van der Waals surface area contributed by atoms with Crippen molar-refractivity contribution >= 4 is 5.97 Å². The topological polar surface area (TPSA) is 50.4 Å². The largest absolute Gasteiger partial charge is 0.466 e. The lowest BCUT2D eigenvalue weighted by Crippen LogP contribution is -2.61. The van der Waals surface area contributed by atoms with E-state index in [9.17, 15) is 4.79 Å². The molecule has 0 aromatic carbocycles. The first kappa shape index (κ1) is 27.4. The minimum atomic E-state index is -0.0574. The molecule has 0 aliphatic carbocycles. The number of hydrogen-bond donors (Lipinski definition) is 2. The number of rotatable bonds is 17. The monoisotopic (exact) mass is 424 g/mol. The van der Waals surface area contributed by atoms with Crippen LogP contribution < -0.4 is 10.6 Å². The number of ether oxygens (including phenoxy) is 1. The normalized spacial score (nSPS) is 18.4. The molecule has 1 rings (SSSR count). The van der Waals surface area contributed by atoms with Crippen molar-refractivity contribution in [3.05, 3.63) is 0 Å². The Morgan fingerprint density at radius 2 is 1.30 bits per heavy atom. The first-order chi connectivity index (χ1) is 14.2. The first-order valence-electron chi connectivity index (χ1n) is 12.9. The minimum Gasteiger partial charge on any atom is -0.466 e. The second-order valence-electron chi connectivity index (χ2n) is 10.8. The van der Waals surface area contributed by atoms with Crippen molar-refractivity contribution in [2.75, 3.05) is 13.2 Å². The fourth-order valence-electron chi connectivity index (χ4n) is 5.05. The quantitative estimate of drug-likeness (QED) is 0.206. The minimum absolute atomic E-state index is 0.0574. The maximum absolute atomic E-state index is 12.0. The molecule has 0 aromatic rings. The zero-order valence-corrected chi connectivity index (χ0v) is 20.9. The highest BCUT2D eigenvalue weighted by molar-refractivity contribution is 5.69. The standard InChI is InChI=1S/C26H52N2O2/c1-6-7-8-9-10-11-12-13-14-15-16-17-20-30-24(29)18-19-27-23-21-25(2,3)28-26(4,5)22-23/h23,27-28H,6-22H2,1-5H3. The molecule has 4 nitrogen and oxygen atoms in total. The molecule has 4 heteroatoms. The Balaban J connectivity index is 1.91. The van der Waals surface area contributed by atoms with Gasteiger partial charge in [-0.3, -0.25) is 4.79 Å². The summed E-state index contributed by atoms with van der Waals surface area (Å²) in [6.45, 7) is 12.6. The van der Waals surface area contributed by atoms with Gasteiger partial charge in [0.05, 0.1) is 13.0 Å². The average Bonchev–Trinajstić information content (AvgIpc) is 2.63. The van der Waals surface area contributed by atoms with Gasteiger partial charge in [-0.05, 0) is 47.0 Å². The Kier molecular flexibility index (Phi) is 13.9. The second kappa shape index (κ2) is 15.2. The van der Waals surface area contributed by atoms with Crippen molar-refractivity contribution in [1.29, 1.82) is 0 Å². The van der Waals surface area contributed by atoms with E-state index in [0.717, 1.165) is 19.3 Å². The number of carbonyl (C=O) groups excluding carboxylic acids is 1. The average molecular weight is 425 g/mol. The molecule has 1 aliphatic rings. The fraction of sp³-hybridized carbons (Fsp3) is 0.962. The Labute approximate surface area is 187 Å². The van der Waals surface area contributed by atoms with Gasteiger partial charge in [0.2, 0.25) is 0 Å². The summed E-state index contributed by atoms with van der Waals surface area (Å²) in [5.74, 6) is -0.0574. The zero-order chi connectivity index (χ0) is 22.3. The molecule has 178 valence electrons. The third-order valence-corrected chi connectivity index (χ3v) is 6.21. The smallest absolute Gasteiger partial charge is 0.307 e. The van der Waals surface area contributed by atoms with Crippen molar-refractivity contribution in [3.8, 4) is 0 Å². The number of hydrogen-bond acceptors (Lipinski definition) is 4. The molecule has 0 radical (unpaired) electrons. The molecular formula is C26H52N2O2. The van der Waals surface area contributed by atoms with Crippen LogP contribution in [-0.4, -0.2) is 36.2 Å². The van der Waals surface area contributed by atoms with Gasteiger partial charge in [0, 0.05) is 23.7 Å².